The molecule has 0 bridgehead atoms. The SMILES string of the molecule is CC(C)Oc1cc(-n2c([C@@H](C)c3ccc(F)cc3)nc3cnc(N)nc32)[nH]n1. The van der Waals surface area contributed by atoms with Crippen molar-refractivity contribution in [1.82, 2.24) is 29.7 Å². The van der Waals surface area contributed by atoms with Gasteiger partial charge in [-0.15, -0.1) is 5.10 Å². The molecule has 0 radical (unpaired) electrons. The van der Waals surface area contributed by atoms with Gasteiger partial charge in [-0.05, 0) is 31.5 Å². The number of hydrogen-bond donors (Lipinski definition) is 2. The van der Waals surface area contributed by atoms with Crippen LogP contribution in [0, 0.1) is 5.82 Å². The van der Waals surface area contributed by atoms with Gasteiger partial charge in [0.1, 0.15) is 23.0 Å². The Bertz CT molecular complexity index is 1120. The van der Waals surface area contributed by atoms with Crippen molar-refractivity contribution in [2.24, 2.45) is 0 Å². The standard InChI is InChI=1S/C19H20FN7O/c1-10(2)28-16-8-15(25-26-16)27-17(11(3)12-4-6-13(20)7-5-12)23-14-9-22-19(21)24-18(14)27/h4-11H,1-3H3,(H,25,26)(H2,21,22,24)/t11-/m0/s1. The first-order valence-electron chi connectivity index (χ1n) is 8.91. The highest BCUT2D eigenvalue weighted by Crippen LogP contribution is 2.30. The summed E-state index contributed by atoms with van der Waals surface area (Å²) in [5.74, 6) is 1.52. The van der Waals surface area contributed by atoms with E-state index in [-0.39, 0.29) is 23.8 Å². The molecule has 0 aliphatic rings. The molecule has 0 spiro atoms. The number of H-pyrrole nitrogens is 1. The van der Waals surface area contributed by atoms with Crippen molar-refractivity contribution >= 4 is 17.1 Å². The molecule has 3 N–H and O–H groups in total. The van der Waals surface area contributed by atoms with Crippen LogP contribution in [0.1, 0.15) is 38.1 Å². The third-order valence-corrected chi connectivity index (χ3v) is 4.34. The highest BCUT2D eigenvalue weighted by Gasteiger charge is 2.22. The highest BCUT2D eigenvalue weighted by atomic mass is 19.1. The molecule has 4 aromatic rings. The molecule has 28 heavy (non-hydrogen) atoms. The summed E-state index contributed by atoms with van der Waals surface area (Å²) in [6.07, 6.45) is 1.57. The minimum Gasteiger partial charge on any atom is -0.474 e. The largest absolute Gasteiger partial charge is 0.474 e. The van der Waals surface area contributed by atoms with Crippen molar-refractivity contribution in [2.45, 2.75) is 32.8 Å². The molecule has 4 rings (SSSR count). The van der Waals surface area contributed by atoms with Crippen molar-refractivity contribution in [3.05, 3.63) is 53.7 Å². The smallest absolute Gasteiger partial charge is 0.234 e. The number of nitrogens with one attached hydrogen (secondary N) is 1. The lowest BCUT2D eigenvalue weighted by molar-refractivity contribution is 0.232. The highest BCUT2D eigenvalue weighted by molar-refractivity contribution is 5.74. The lowest BCUT2D eigenvalue weighted by atomic mass is 10.0. The summed E-state index contributed by atoms with van der Waals surface area (Å²) in [7, 11) is 0. The van der Waals surface area contributed by atoms with Crippen LogP contribution in [-0.4, -0.2) is 35.8 Å². The maximum atomic E-state index is 13.3. The molecule has 1 aromatic carbocycles. The van der Waals surface area contributed by atoms with E-state index < -0.39 is 0 Å². The normalized spacial score (nSPS) is 12.6. The molecular weight excluding hydrogens is 361 g/mol. The van der Waals surface area contributed by atoms with Crippen molar-refractivity contribution in [2.75, 3.05) is 5.73 Å². The van der Waals surface area contributed by atoms with Crippen LogP contribution in [0.5, 0.6) is 5.88 Å². The van der Waals surface area contributed by atoms with E-state index in [1.807, 2.05) is 25.3 Å². The van der Waals surface area contributed by atoms with Crippen molar-refractivity contribution < 1.29 is 9.13 Å². The summed E-state index contributed by atoms with van der Waals surface area (Å²) in [6, 6.07) is 8.12. The second kappa shape index (κ2) is 6.91. The summed E-state index contributed by atoms with van der Waals surface area (Å²) in [5.41, 5.74) is 7.86. The number of hydrogen-bond acceptors (Lipinski definition) is 6. The topological polar surface area (TPSA) is 108 Å². The molecule has 0 aliphatic heterocycles. The molecule has 0 unspecified atom stereocenters. The third kappa shape index (κ3) is 3.26. The van der Waals surface area contributed by atoms with Gasteiger partial charge in [0.2, 0.25) is 11.8 Å². The lowest BCUT2D eigenvalue weighted by Crippen LogP contribution is -2.08. The van der Waals surface area contributed by atoms with E-state index in [2.05, 4.69) is 20.2 Å². The fraction of sp³-hybridized carbons (Fsp3) is 0.263. The maximum Gasteiger partial charge on any atom is 0.234 e. The number of nitrogen functional groups attached to an aromatic ring is 1. The Hall–Kier alpha value is -3.49. The van der Waals surface area contributed by atoms with Gasteiger partial charge in [-0.1, -0.05) is 19.1 Å². The van der Waals surface area contributed by atoms with Crippen LogP contribution in [0.4, 0.5) is 10.3 Å². The number of fused-ring (bicyclic) bond motifs is 1. The van der Waals surface area contributed by atoms with Gasteiger partial charge in [0.05, 0.1) is 12.3 Å². The quantitative estimate of drug-likeness (QED) is 0.550. The first-order chi connectivity index (χ1) is 13.4. The second-order valence-corrected chi connectivity index (χ2v) is 6.77. The zero-order valence-corrected chi connectivity index (χ0v) is 15.7. The Morgan fingerprint density at radius 2 is 1.89 bits per heavy atom. The molecule has 0 aliphatic carbocycles. The average Bonchev–Trinajstić information content (AvgIpc) is 3.25. The van der Waals surface area contributed by atoms with Crippen LogP contribution in [0.15, 0.2) is 36.5 Å². The molecule has 1 atom stereocenters. The molecule has 3 aromatic heterocycles. The molecule has 9 heteroatoms. The van der Waals surface area contributed by atoms with Crippen LogP contribution in [-0.2, 0) is 0 Å². The molecule has 8 nitrogen and oxygen atoms in total. The average molecular weight is 381 g/mol. The maximum absolute atomic E-state index is 13.3. The molecule has 0 saturated heterocycles. The van der Waals surface area contributed by atoms with Gasteiger partial charge in [0.25, 0.3) is 0 Å². The zero-order chi connectivity index (χ0) is 19.8. The number of aromatic nitrogens is 6. The number of nitrogens with zero attached hydrogens (tertiary/aromatic N) is 5. The fourth-order valence-electron chi connectivity index (χ4n) is 3.04. The Labute approximate surface area is 160 Å². The van der Waals surface area contributed by atoms with Crippen LogP contribution < -0.4 is 10.5 Å². The van der Waals surface area contributed by atoms with E-state index in [1.54, 1.807) is 24.4 Å². The fourth-order valence-corrected chi connectivity index (χ4v) is 3.04. The van der Waals surface area contributed by atoms with Crippen molar-refractivity contribution in [1.29, 1.82) is 0 Å². The monoisotopic (exact) mass is 381 g/mol. The summed E-state index contributed by atoms with van der Waals surface area (Å²) in [5, 5.41) is 7.17. The van der Waals surface area contributed by atoms with Crippen LogP contribution in [0.2, 0.25) is 0 Å². The summed E-state index contributed by atoms with van der Waals surface area (Å²) < 4.78 is 20.8. The Morgan fingerprint density at radius 1 is 1.14 bits per heavy atom. The Morgan fingerprint density at radius 3 is 2.61 bits per heavy atom. The number of halogens is 1. The van der Waals surface area contributed by atoms with E-state index in [4.69, 9.17) is 15.5 Å². The first kappa shape index (κ1) is 17.9. The van der Waals surface area contributed by atoms with E-state index >= 15 is 0 Å². The number of rotatable bonds is 5. The number of benzene rings is 1. The summed E-state index contributed by atoms with van der Waals surface area (Å²) >= 11 is 0. The number of nitrogens with two attached hydrogens (primary N) is 1. The molecule has 0 amide bonds. The lowest BCUT2D eigenvalue weighted by Gasteiger charge is -2.13. The zero-order valence-electron chi connectivity index (χ0n) is 15.7. The predicted molar refractivity (Wildman–Crippen MR) is 103 cm³/mol. The Balaban J connectivity index is 1.87. The number of ether oxygens (including phenoxy) is 1. The summed E-state index contributed by atoms with van der Waals surface area (Å²) in [6.45, 7) is 5.84. The van der Waals surface area contributed by atoms with Crippen LogP contribution in [0.25, 0.3) is 17.0 Å². The molecule has 3 heterocycles. The van der Waals surface area contributed by atoms with Crippen LogP contribution in [0.3, 0.4) is 0 Å². The van der Waals surface area contributed by atoms with Crippen molar-refractivity contribution in [3.63, 3.8) is 0 Å². The van der Waals surface area contributed by atoms with Gasteiger partial charge in [0, 0.05) is 12.0 Å². The second-order valence-electron chi connectivity index (χ2n) is 6.77. The minimum absolute atomic E-state index is 0.00809. The number of aromatic amines is 1. The van der Waals surface area contributed by atoms with E-state index in [9.17, 15) is 4.39 Å². The van der Waals surface area contributed by atoms with Crippen molar-refractivity contribution in [3.8, 4) is 11.7 Å². The van der Waals surface area contributed by atoms with Gasteiger partial charge in [-0.2, -0.15) is 4.98 Å². The van der Waals surface area contributed by atoms with E-state index in [0.717, 1.165) is 5.56 Å². The van der Waals surface area contributed by atoms with Gasteiger partial charge in [0.15, 0.2) is 5.65 Å². The van der Waals surface area contributed by atoms with Gasteiger partial charge >= 0.3 is 0 Å². The van der Waals surface area contributed by atoms with Crippen LogP contribution >= 0.6 is 0 Å². The Kier molecular flexibility index (Phi) is 4.42. The van der Waals surface area contributed by atoms with Gasteiger partial charge < -0.3 is 10.5 Å². The molecule has 144 valence electrons. The van der Waals surface area contributed by atoms with Gasteiger partial charge in [-0.25, -0.2) is 14.4 Å². The first-order valence-corrected chi connectivity index (χ1v) is 8.91. The van der Waals surface area contributed by atoms with E-state index in [0.29, 0.717) is 28.7 Å². The molecular formula is C19H20FN7O. The third-order valence-electron chi connectivity index (χ3n) is 4.34. The molecule has 0 saturated carbocycles. The predicted octanol–water partition coefficient (Wildman–Crippen LogP) is 3.20. The molecule has 0 fully saturated rings. The van der Waals surface area contributed by atoms with E-state index in [1.165, 1.54) is 12.1 Å². The van der Waals surface area contributed by atoms with Gasteiger partial charge in [-0.3, -0.25) is 9.67 Å². The summed E-state index contributed by atoms with van der Waals surface area (Å²) in [4.78, 5) is 13.1. The number of imidazole rings is 1. The minimum atomic E-state index is -0.285. The number of anilines is 1.